The molecule has 3 aromatic rings. The predicted molar refractivity (Wildman–Crippen MR) is 92.0 cm³/mol. The Bertz CT molecular complexity index is 820. The summed E-state index contributed by atoms with van der Waals surface area (Å²) in [5, 5.41) is 3.93. The number of amides is 1. The number of benzene rings is 1. The van der Waals surface area contributed by atoms with Gasteiger partial charge in [-0.3, -0.25) is 9.78 Å². The fourth-order valence-electron chi connectivity index (χ4n) is 2.93. The lowest BCUT2D eigenvalue weighted by Gasteiger charge is -2.34. The maximum absolute atomic E-state index is 12.9. The number of hydrogen-bond acceptors (Lipinski definition) is 5. The van der Waals surface area contributed by atoms with Crippen molar-refractivity contribution < 1.29 is 4.79 Å². The molecule has 1 saturated heterocycles. The molecule has 0 N–H and O–H groups in total. The molecule has 1 aromatic carbocycles. The highest BCUT2D eigenvalue weighted by atomic mass is 32.1. The Labute approximate surface area is 138 Å². The predicted octanol–water partition coefficient (Wildman–Crippen LogP) is 2.65. The minimum absolute atomic E-state index is 0.0855. The zero-order chi connectivity index (χ0) is 15.6. The standard InChI is InChI=1S/C17H16N4OS/c22-16(14-3-1-5-15-13(14)4-2-6-18-15)20-8-10-21(11-9-20)17-19-7-12-23-17/h1-7,12H,8-11H2. The van der Waals surface area contributed by atoms with Gasteiger partial charge < -0.3 is 9.80 Å². The molecule has 2 aromatic heterocycles. The molecule has 1 fully saturated rings. The summed E-state index contributed by atoms with van der Waals surface area (Å²) in [5.41, 5.74) is 1.60. The largest absolute Gasteiger partial charge is 0.345 e. The Morgan fingerprint density at radius 3 is 2.65 bits per heavy atom. The third-order valence-corrected chi connectivity index (χ3v) is 4.97. The molecule has 1 amide bonds. The first kappa shape index (κ1) is 14.1. The number of rotatable bonds is 2. The first-order valence-electron chi connectivity index (χ1n) is 7.60. The quantitative estimate of drug-likeness (QED) is 0.727. The molecule has 6 heteroatoms. The number of aromatic nitrogens is 2. The van der Waals surface area contributed by atoms with E-state index < -0.39 is 0 Å². The second-order valence-corrected chi connectivity index (χ2v) is 6.34. The zero-order valence-electron chi connectivity index (χ0n) is 12.6. The van der Waals surface area contributed by atoms with Crippen molar-refractivity contribution in [2.45, 2.75) is 0 Å². The second-order valence-electron chi connectivity index (χ2n) is 5.47. The van der Waals surface area contributed by atoms with Crippen molar-refractivity contribution >= 4 is 33.3 Å². The van der Waals surface area contributed by atoms with Crippen LogP contribution in [0.15, 0.2) is 48.1 Å². The highest BCUT2D eigenvalue weighted by Gasteiger charge is 2.24. The minimum Gasteiger partial charge on any atom is -0.345 e. The van der Waals surface area contributed by atoms with E-state index in [2.05, 4.69) is 14.9 Å². The van der Waals surface area contributed by atoms with E-state index in [9.17, 15) is 4.79 Å². The lowest BCUT2D eigenvalue weighted by molar-refractivity contribution is 0.0749. The summed E-state index contributed by atoms with van der Waals surface area (Å²) in [7, 11) is 0. The van der Waals surface area contributed by atoms with Crippen LogP contribution in [0.4, 0.5) is 5.13 Å². The van der Waals surface area contributed by atoms with Gasteiger partial charge in [-0.1, -0.05) is 12.1 Å². The third kappa shape index (κ3) is 2.66. The van der Waals surface area contributed by atoms with Crippen molar-refractivity contribution in [2.75, 3.05) is 31.1 Å². The van der Waals surface area contributed by atoms with Crippen molar-refractivity contribution in [1.29, 1.82) is 0 Å². The van der Waals surface area contributed by atoms with E-state index in [1.165, 1.54) is 0 Å². The Morgan fingerprint density at radius 2 is 1.87 bits per heavy atom. The van der Waals surface area contributed by atoms with Crippen LogP contribution in [0, 0.1) is 0 Å². The molecule has 3 heterocycles. The molecule has 0 saturated carbocycles. The van der Waals surface area contributed by atoms with E-state index in [0.717, 1.165) is 47.8 Å². The van der Waals surface area contributed by atoms with Crippen LogP contribution in [-0.2, 0) is 0 Å². The molecule has 5 nitrogen and oxygen atoms in total. The van der Waals surface area contributed by atoms with Crippen LogP contribution in [0.3, 0.4) is 0 Å². The molecule has 116 valence electrons. The Kier molecular flexibility index (Phi) is 3.67. The van der Waals surface area contributed by atoms with Gasteiger partial charge in [0, 0.05) is 54.9 Å². The second kappa shape index (κ2) is 5.96. The van der Waals surface area contributed by atoms with Crippen LogP contribution < -0.4 is 4.90 Å². The number of anilines is 1. The summed E-state index contributed by atoms with van der Waals surface area (Å²) in [6, 6.07) is 9.56. The van der Waals surface area contributed by atoms with Gasteiger partial charge in [0.05, 0.1) is 5.52 Å². The summed E-state index contributed by atoms with van der Waals surface area (Å²) >= 11 is 1.64. The smallest absolute Gasteiger partial charge is 0.254 e. The molecule has 0 aliphatic carbocycles. The summed E-state index contributed by atoms with van der Waals surface area (Å²) in [4.78, 5) is 25.7. The third-order valence-electron chi connectivity index (χ3n) is 4.13. The van der Waals surface area contributed by atoms with Gasteiger partial charge in [-0.05, 0) is 18.2 Å². The number of piperazine rings is 1. The van der Waals surface area contributed by atoms with Crippen LogP contribution in [0.2, 0.25) is 0 Å². The van der Waals surface area contributed by atoms with Crippen LogP contribution in [0.5, 0.6) is 0 Å². The van der Waals surface area contributed by atoms with Gasteiger partial charge >= 0.3 is 0 Å². The number of thiazole rings is 1. The van der Waals surface area contributed by atoms with Crippen LogP contribution >= 0.6 is 11.3 Å². The monoisotopic (exact) mass is 324 g/mol. The Morgan fingerprint density at radius 1 is 1.00 bits per heavy atom. The summed E-state index contributed by atoms with van der Waals surface area (Å²) < 4.78 is 0. The van der Waals surface area contributed by atoms with E-state index in [1.807, 2.05) is 46.8 Å². The van der Waals surface area contributed by atoms with E-state index in [1.54, 1.807) is 17.5 Å². The van der Waals surface area contributed by atoms with E-state index in [0.29, 0.717) is 0 Å². The van der Waals surface area contributed by atoms with Gasteiger partial charge in [0.15, 0.2) is 5.13 Å². The maximum Gasteiger partial charge on any atom is 0.254 e. The van der Waals surface area contributed by atoms with Crippen molar-refractivity contribution in [3.63, 3.8) is 0 Å². The summed E-state index contributed by atoms with van der Waals surface area (Å²) in [5.74, 6) is 0.0855. The van der Waals surface area contributed by atoms with Crippen LogP contribution in [0.1, 0.15) is 10.4 Å². The van der Waals surface area contributed by atoms with Gasteiger partial charge in [-0.25, -0.2) is 4.98 Å². The lowest BCUT2D eigenvalue weighted by atomic mass is 10.1. The molecular weight excluding hydrogens is 308 g/mol. The fourth-order valence-corrected chi connectivity index (χ4v) is 3.63. The van der Waals surface area contributed by atoms with Gasteiger partial charge in [-0.15, -0.1) is 11.3 Å². The SMILES string of the molecule is O=C(c1cccc2ncccc12)N1CCN(c2nccs2)CC1. The van der Waals surface area contributed by atoms with E-state index in [4.69, 9.17) is 0 Å². The average Bonchev–Trinajstić information content (AvgIpc) is 3.15. The number of hydrogen-bond donors (Lipinski definition) is 0. The first-order valence-corrected chi connectivity index (χ1v) is 8.48. The Balaban J connectivity index is 1.54. The Hall–Kier alpha value is -2.47. The van der Waals surface area contributed by atoms with Gasteiger partial charge in [0.25, 0.3) is 5.91 Å². The number of carbonyl (C=O) groups is 1. The molecule has 0 radical (unpaired) electrons. The molecule has 0 bridgehead atoms. The van der Waals surface area contributed by atoms with Gasteiger partial charge in [-0.2, -0.15) is 0 Å². The maximum atomic E-state index is 12.9. The highest BCUT2D eigenvalue weighted by Crippen LogP contribution is 2.22. The molecule has 4 rings (SSSR count). The molecule has 1 aliphatic heterocycles. The van der Waals surface area contributed by atoms with Crippen LogP contribution in [-0.4, -0.2) is 47.0 Å². The van der Waals surface area contributed by atoms with Crippen molar-refractivity contribution in [3.05, 3.63) is 53.7 Å². The zero-order valence-corrected chi connectivity index (χ0v) is 13.4. The molecule has 0 unspecified atom stereocenters. The molecule has 1 aliphatic rings. The number of fused-ring (bicyclic) bond motifs is 1. The highest BCUT2D eigenvalue weighted by molar-refractivity contribution is 7.13. The summed E-state index contributed by atoms with van der Waals surface area (Å²) in [6.07, 6.45) is 3.57. The van der Waals surface area contributed by atoms with Gasteiger partial charge in [0.2, 0.25) is 0 Å². The fraction of sp³-hybridized carbons (Fsp3) is 0.235. The topological polar surface area (TPSA) is 49.3 Å². The lowest BCUT2D eigenvalue weighted by Crippen LogP contribution is -2.48. The van der Waals surface area contributed by atoms with Crippen LogP contribution in [0.25, 0.3) is 10.9 Å². The van der Waals surface area contributed by atoms with Crippen molar-refractivity contribution in [1.82, 2.24) is 14.9 Å². The summed E-state index contributed by atoms with van der Waals surface area (Å²) in [6.45, 7) is 3.08. The number of pyridine rings is 1. The first-order chi connectivity index (χ1) is 11.3. The number of carbonyl (C=O) groups excluding carboxylic acids is 1. The minimum atomic E-state index is 0.0855. The molecule has 0 spiro atoms. The molecular formula is C17H16N4OS. The average molecular weight is 324 g/mol. The van der Waals surface area contributed by atoms with Crippen molar-refractivity contribution in [3.8, 4) is 0 Å². The normalized spacial score (nSPS) is 15.1. The number of nitrogens with zero attached hydrogens (tertiary/aromatic N) is 4. The van der Waals surface area contributed by atoms with Crippen molar-refractivity contribution in [2.24, 2.45) is 0 Å². The van der Waals surface area contributed by atoms with E-state index in [-0.39, 0.29) is 5.91 Å². The van der Waals surface area contributed by atoms with E-state index >= 15 is 0 Å². The molecule has 0 atom stereocenters. The van der Waals surface area contributed by atoms with Gasteiger partial charge in [0.1, 0.15) is 0 Å². The molecule has 23 heavy (non-hydrogen) atoms.